The number of ether oxygens (including phenoxy) is 1. The summed E-state index contributed by atoms with van der Waals surface area (Å²) in [4.78, 5) is 20.3. The van der Waals surface area contributed by atoms with Crippen molar-refractivity contribution in [3.63, 3.8) is 0 Å². The lowest BCUT2D eigenvalue weighted by atomic mass is 10.1. The molecule has 6 nitrogen and oxygen atoms in total. The summed E-state index contributed by atoms with van der Waals surface area (Å²) in [5.74, 6) is -0.393. The quantitative estimate of drug-likeness (QED) is 0.533. The summed E-state index contributed by atoms with van der Waals surface area (Å²) < 4.78 is 6.45. The molecule has 0 aliphatic rings. The molecule has 3 aromatic heterocycles. The first-order chi connectivity index (χ1) is 11.3. The van der Waals surface area contributed by atoms with Crippen LogP contribution in [0.15, 0.2) is 55.1 Å². The fraction of sp³-hybridized carbons (Fsp3) is 0.0588. The maximum Gasteiger partial charge on any atom is 0.339 e. The van der Waals surface area contributed by atoms with Crippen LogP contribution in [0.2, 0.25) is 0 Å². The first-order valence-corrected chi connectivity index (χ1v) is 7.03. The van der Waals surface area contributed by atoms with Crippen LogP contribution in [-0.2, 0) is 4.74 Å². The number of benzene rings is 1. The van der Waals surface area contributed by atoms with Crippen molar-refractivity contribution in [1.29, 1.82) is 0 Å². The number of rotatable bonds is 2. The molecule has 1 aromatic carbocycles. The van der Waals surface area contributed by atoms with Crippen molar-refractivity contribution in [1.82, 2.24) is 19.6 Å². The Kier molecular flexibility index (Phi) is 3.01. The number of hydrogen-bond acceptors (Lipinski definition) is 5. The zero-order valence-electron chi connectivity index (χ0n) is 12.3. The summed E-state index contributed by atoms with van der Waals surface area (Å²) in [7, 11) is 1.35. The number of esters is 1. The molecule has 0 spiro atoms. The van der Waals surface area contributed by atoms with Crippen LogP contribution in [0.25, 0.3) is 27.7 Å². The molecule has 0 radical (unpaired) electrons. The van der Waals surface area contributed by atoms with Gasteiger partial charge in [0.15, 0.2) is 5.65 Å². The molecule has 3 heterocycles. The van der Waals surface area contributed by atoms with Gasteiger partial charge in [0.1, 0.15) is 0 Å². The van der Waals surface area contributed by atoms with E-state index in [0.717, 1.165) is 27.7 Å². The Bertz CT molecular complexity index is 1040. The molecule has 0 saturated carbocycles. The van der Waals surface area contributed by atoms with Gasteiger partial charge in [-0.05, 0) is 23.8 Å². The van der Waals surface area contributed by atoms with E-state index in [2.05, 4.69) is 15.1 Å². The van der Waals surface area contributed by atoms with Crippen molar-refractivity contribution in [3.8, 4) is 11.1 Å². The topological polar surface area (TPSA) is 69.4 Å². The average Bonchev–Trinajstić information content (AvgIpc) is 3.04. The van der Waals surface area contributed by atoms with Crippen LogP contribution in [0.4, 0.5) is 0 Å². The second-order valence-corrected chi connectivity index (χ2v) is 5.07. The van der Waals surface area contributed by atoms with Gasteiger partial charge in [-0.3, -0.25) is 4.98 Å². The van der Waals surface area contributed by atoms with Crippen LogP contribution in [0.3, 0.4) is 0 Å². The minimum Gasteiger partial charge on any atom is -0.465 e. The smallest absolute Gasteiger partial charge is 0.339 e. The summed E-state index contributed by atoms with van der Waals surface area (Å²) in [6, 6.07) is 9.46. The zero-order chi connectivity index (χ0) is 15.8. The Morgan fingerprint density at radius 3 is 2.96 bits per heavy atom. The molecule has 112 valence electrons. The second kappa shape index (κ2) is 5.17. The molecule has 0 aliphatic carbocycles. The SMILES string of the molecule is COC(=O)c1cnc2cc(-c3cnn4cccnc34)ccc2c1. The first-order valence-electron chi connectivity index (χ1n) is 7.03. The number of carbonyl (C=O) groups is 1. The highest BCUT2D eigenvalue weighted by molar-refractivity contribution is 5.95. The lowest BCUT2D eigenvalue weighted by Gasteiger charge is -2.04. The van der Waals surface area contributed by atoms with E-state index in [4.69, 9.17) is 4.74 Å². The van der Waals surface area contributed by atoms with Crippen LogP contribution in [-0.4, -0.2) is 32.7 Å². The Balaban J connectivity index is 1.84. The molecular formula is C17H12N4O2. The van der Waals surface area contributed by atoms with E-state index >= 15 is 0 Å². The van der Waals surface area contributed by atoms with Gasteiger partial charge >= 0.3 is 5.97 Å². The lowest BCUT2D eigenvalue weighted by Crippen LogP contribution is -2.01. The van der Waals surface area contributed by atoms with Crippen molar-refractivity contribution in [3.05, 3.63) is 60.7 Å². The molecule has 0 bridgehead atoms. The maximum atomic E-state index is 11.6. The number of carbonyl (C=O) groups excluding carboxylic acids is 1. The van der Waals surface area contributed by atoms with E-state index < -0.39 is 5.97 Å². The van der Waals surface area contributed by atoms with E-state index in [9.17, 15) is 4.79 Å². The van der Waals surface area contributed by atoms with E-state index in [1.807, 2.05) is 30.5 Å². The molecule has 4 rings (SSSR count). The fourth-order valence-corrected chi connectivity index (χ4v) is 2.55. The summed E-state index contributed by atoms with van der Waals surface area (Å²) in [5.41, 5.74) is 3.93. The average molecular weight is 304 g/mol. The zero-order valence-corrected chi connectivity index (χ0v) is 12.3. The van der Waals surface area contributed by atoms with Crippen molar-refractivity contribution in [2.24, 2.45) is 0 Å². The van der Waals surface area contributed by atoms with Gasteiger partial charge in [-0.1, -0.05) is 12.1 Å². The molecular weight excluding hydrogens is 292 g/mol. The second-order valence-electron chi connectivity index (χ2n) is 5.07. The van der Waals surface area contributed by atoms with Crippen LogP contribution < -0.4 is 0 Å². The molecule has 0 aliphatic heterocycles. The summed E-state index contributed by atoms with van der Waals surface area (Å²) in [6.07, 6.45) is 6.90. The van der Waals surface area contributed by atoms with Crippen molar-refractivity contribution >= 4 is 22.5 Å². The highest BCUT2D eigenvalue weighted by atomic mass is 16.5. The molecule has 0 N–H and O–H groups in total. The van der Waals surface area contributed by atoms with Crippen LogP contribution >= 0.6 is 0 Å². The number of hydrogen-bond donors (Lipinski definition) is 0. The highest BCUT2D eigenvalue weighted by Gasteiger charge is 2.10. The molecule has 0 saturated heterocycles. The van der Waals surface area contributed by atoms with Gasteiger partial charge < -0.3 is 4.74 Å². The standard InChI is InChI=1S/C17H12N4O2/c1-23-17(22)13-7-12-4-3-11(8-15(12)19-9-13)14-10-20-21-6-2-5-18-16(14)21/h2-10H,1H3. The number of fused-ring (bicyclic) bond motifs is 2. The predicted octanol–water partition coefficient (Wildman–Crippen LogP) is 2.73. The Morgan fingerprint density at radius 1 is 1.17 bits per heavy atom. The first kappa shape index (κ1) is 13.4. The van der Waals surface area contributed by atoms with Gasteiger partial charge in [-0.2, -0.15) is 5.10 Å². The number of methoxy groups -OCH3 is 1. The van der Waals surface area contributed by atoms with Crippen LogP contribution in [0.5, 0.6) is 0 Å². The Morgan fingerprint density at radius 2 is 2.09 bits per heavy atom. The van der Waals surface area contributed by atoms with Crippen molar-refractivity contribution < 1.29 is 9.53 Å². The largest absolute Gasteiger partial charge is 0.465 e. The molecule has 0 fully saturated rings. The Hall–Kier alpha value is -3.28. The molecule has 23 heavy (non-hydrogen) atoms. The maximum absolute atomic E-state index is 11.6. The summed E-state index contributed by atoms with van der Waals surface area (Å²) in [5, 5.41) is 5.17. The minimum absolute atomic E-state index is 0.393. The van der Waals surface area contributed by atoms with E-state index in [1.54, 1.807) is 23.0 Å². The van der Waals surface area contributed by atoms with Crippen molar-refractivity contribution in [2.45, 2.75) is 0 Å². The summed E-state index contributed by atoms with van der Waals surface area (Å²) in [6.45, 7) is 0. The number of nitrogens with zero attached hydrogens (tertiary/aromatic N) is 4. The molecule has 0 atom stereocenters. The summed E-state index contributed by atoms with van der Waals surface area (Å²) >= 11 is 0. The van der Waals surface area contributed by atoms with Crippen molar-refractivity contribution in [2.75, 3.05) is 7.11 Å². The van der Waals surface area contributed by atoms with Gasteiger partial charge in [0.05, 0.1) is 24.4 Å². The van der Waals surface area contributed by atoms with E-state index in [1.165, 1.54) is 13.3 Å². The Labute approximate surface area is 131 Å². The molecule has 0 unspecified atom stereocenters. The highest BCUT2D eigenvalue weighted by Crippen LogP contribution is 2.26. The normalized spacial score (nSPS) is 11.0. The van der Waals surface area contributed by atoms with Gasteiger partial charge in [0.25, 0.3) is 0 Å². The third-order valence-corrected chi connectivity index (χ3v) is 3.70. The predicted molar refractivity (Wildman–Crippen MR) is 85.1 cm³/mol. The van der Waals surface area contributed by atoms with E-state index in [0.29, 0.717) is 5.56 Å². The van der Waals surface area contributed by atoms with Gasteiger partial charge in [0.2, 0.25) is 0 Å². The third-order valence-electron chi connectivity index (χ3n) is 3.70. The molecule has 6 heteroatoms. The van der Waals surface area contributed by atoms with Crippen LogP contribution in [0.1, 0.15) is 10.4 Å². The number of aromatic nitrogens is 4. The van der Waals surface area contributed by atoms with Crippen LogP contribution in [0, 0.1) is 0 Å². The van der Waals surface area contributed by atoms with Gasteiger partial charge in [-0.15, -0.1) is 0 Å². The van der Waals surface area contributed by atoms with Gasteiger partial charge in [-0.25, -0.2) is 14.3 Å². The molecule has 0 amide bonds. The third kappa shape index (κ3) is 2.20. The fourth-order valence-electron chi connectivity index (χ4n) is 2.55. The monoisotopic (exact) mass is 304 g/mol. The lowest BCUT2D eigenvalue weighted by molar-refractivity contribution is 0.0600. The number of pyridine rings is 1. The van der Waals surface area contributed by atoms with Gasteiger partial charge in [0, 0.05) is 29.5 Å². The molecule has 4 aromatic rings. The minimum atomic E-state index is -0.393. The van der Waals surface area contributed by atoms with E-state index in [-0.39, 0.29) is 0 Å².